The second kappa shape index (κ2) is 7.55. The van der Waals surface area contributed by atoms with E-state index in [-0.39, 0.29) is 26.6 Å². The van der Waals surface area contributed by atoms with Crippen LogP contribution < -0.4 is 11.2 Å². The lowest BCUT2D eigenvalue weighted by Crippen LogP contribution is -2.20. The Morgan fingerprint density at radius 2 is 1.83 bits per heavy atom. The van der Waals surface area contributed by atoms with Crippen molar-refractivity contribution in [1.82, 2.24) is 10.4 Å². The van der Waals surface area contributed by atoms with Gasteiger partial charge in [-0.2, -0.15) is 5.10 Å². The van der Waals surface area contributed by atoms with Gasteiger partial charge in [-0.15, -0.1) is 0 Å². The highest BCUT2D eigenvalue weighted by atomic mass is 35.5. The van der Waals surface area contributed by atoms with E-state index in [1.54, 1.807) is 18.2 Å². The number of hydrazone groups is 1. The highest BCUT2D eigenvalue weighted by Gasteiger charge is 2.19. The van der Waals surface area contributed by atoms with E-state index in [1.807, 2.05) is 0 Å². The van der Waals surface area contributed by atoms with Crippen molar-refractivity contribution in [1.29, 1.82) is 0 Å². The molecule has 10 heteroatoms. The zero-order valence-corrected chi connectivity index (χ0v) is 14.9. The summed E-state index contributed by atoms with van der Waals surface area (Å²) in [5.41, 5.74) is 8.29. The smallest absolute Gasteiger partial charge is 0.291 e. The number of hydrogen-bond acceptors (Lipinski definition) is 4. The van der Waals surface area contributed by atoms with Gasteiger partial charge >= 0.3 is 0 Å². The van der Waals surface area contributed by atoms with Gasteiger partial charge in [-0.25, -0.2) is 10.4 Å². The first-order chi connectivity index (χ1) is 10.8. The minimum Gasteiger partial charge on any atom is -0.396 e. The van der Waals surface area contributed by atoms with E-state index >= 15 is 0 Å². The molecule has 0 aliphatic carbocycles. The van der Waals surface area contributed by atoms with E-state index in [2.05, 4.69) is 15.5 Å². The minimum absolute atomic E-state index is 0.0208. The van der Waals surface area contributed by atoms with E-state index in [0.29, 0.717) is 15.6 Å². The number of anilines is 1. The topological polar surface area (TPSA) is 80.4 Å². The summed E-state index contributed by atoms with van der Waals surface area (Å²) in [6, 6.07) is 4.86. The Morgan fingerprint density at radius 3 is 2.48 bits per heavy atom. The van der Waals surface area contributed by atoms with Gasteiger partial charge < -0.3 is 5.73 Å². The number of carbonyl (C=O) groups excluding carboxylic acids is 1. The minimum atomic E-state index is -0.698. The number of rotatable bonds is 3. The van der Waals surface area contributed by atoms with Crippen LogP contribution in [0.25, 0.3) is 0 Å². The van der Waals surface area contributed by atoms with E-state index in [9.17, 15) is 4.79 Å². The van der Waals surface area contributed by atoms with E-state index in [1.165, 1.54) is 6.21 Å². The number of hydrogen-bond donors (Lipinski definition) is 2. The van der Waals surface area contributed by atoms with Gasteiger partial charge in [0.1, 0.15) is 5.02 Å². The first kappa shape index (κ1) is 18.1. The fourth-order valence-corrected chi connectivity index (χ4v) is 2.39. The maximum absolute atomic E-state index is 12.0. The summed E-state index contributed by atoms with van der Waals surface area (Å²) >= 11 is 29.2. The molecule has 3 N–H and O–H groups in total. The van der Waals surface area contributed by atoms with E-state index < -0.39 is 5.91 Å². The lowest BCUT2D eigenvalue weighted by molar-refractivity contribution is 0.0950. The molecule has 0 radical (unpaired) electrons. The number of amides is 1. The number of nitrogens with one attached hydrogen (secondary N) is 1. The third kappa shape index (κ3) is 4.19. The summed E-state index contributed by atoms with van der Waals surface area (Å²) in [6.45, 7) is 0. The van der Waals surface area contributed by atoms with Crippen LogP contribution in [0.5, 0.6) is 0 Å². The molecule has 0 bridgehead atoms. The third-order valence-corrected chi connectivity index (χ3v) is 4.48. The monoisotopic (exact) mass is 410 g/mol. The lowest BCUT2D eigenvalue weighted by atomic mass is 10.2. The molecular weight excluding hydrogens is 405 g/mol. The summed E-state index contributed by atoms with van der Waals surface area (Å²) in [5.74, 6) is -0.698. The average Bonchev–Trinajstić information content (AvgIpc) is 2.52. The molecule has 0 unspecified atom stereocenters. The molecule has 1 aromatic carbocycles. The molecule has 0 saturated heterocycles. The molecular formula is C13H7Cl5N4O. The zero-order valence-electron chi connectivity index (χ0n) is 11.1. The van der Waals surface area contributed by atoms with Crippen LogP contribution >= 0.6 is 58.0 Å². The average molecular weight is 412 g/mol. The number of nitrogens with zero attached hydrogens (tertiary/aromatic N) is 2. The number of nitrogens with two attached hydrogens (primary N) is 1. The molecule has 0 fully saturated rings. The van der Waals surface area contributed by atoms with Crippen molar-refractivity contribution in [2.45, 2.75) is 0 Å². The first-order valence-electron chi connectivity index (χ1n) is 5.89. The molecule has 0 aliphatic rings. The number of pyridine rings is 1. The van der Waals surface area contributed by atoms with Gasteiger partial charge in [-0.1, -0.05) is 64.1 Å². The van der Waals surface area contributed by atoms with Crippen molar-refractivity contribution in [2.75, 3.05) is 5.73 Å². The van der Waals surface area contributed by atoms with E-state index in [0.717, 1.165) is 0 Å². The molecule has 0 aliphatic heterocycles. The van der Waals surface area contributed by atoms with Crippen LogP contribution in [0, 0.1) is 0 Å². The van der Waals surface area contributed by atoms with Crippen LogP contribution in [0.4, 0.5) is 5.69 Å². The predicted molar refractivity (Wildman–Crippen MR) is 95.2 cm³/mol. The van der Waals surface area contributed by atoms with Gasteiger partial charge in [0.05, 0.1) is 27.0 Å². The molecule has 1 amide bonds. The van der Waals surface area contributed by atoms with Gasteiger partial charge in [0.2, 0.25) is 0 Å². The van der Waals surface area contributed by atoms with Crippen molar-refractivity contribution in [3.05, 3.63) is 54.7 Å². The fraction of sp³-hybridized carbons (Fsp3) is 0. The fourth-order valence-electron chi connectivity index (χ4n) is 1.49. The Labute approximate surface area is 156 Å². The molecule has 2 rings (SSSR count). The lowest BCUT2D eigenvalue weighted by Gasteiger charge is -2.07. The normalized spacial score (nSPS) is 11.0. The molecule has 1 heterocycles. The summed E-state index contributed by atoms with van der Waals surface area (Å²) < 4.78 is 0. The van der Waals surface area contributed by atoms with Gasteiger partial charge in [-0.05, 0) is 17.7 Å². The standard InChI is InChI=1S/C13H7Cl5N4O/c14-6-2-1-5(3-7(6)15)4-20-22-13(23)11-8(16)10(19)9(17)12(18)21-11/h1-4H,(H2,19,21)(H,22,23)/b20-4+. The summed E-state index contributed by atoms with van der Waals surface area (Å²) in [7, 11) is 0. The Morgan fingerprint density at radius 1 is 1.13 bits per heavy atom. The molecule has 120 valence electrons. The molecule has 5 nitrogen and oxygen atoms in total. The van der Waals surface area contributed by atoms with Crippen molar-refractivity contribution in [2.24, 2.45) is 5.10 Å². The molecule has 1 aromatic heterocycles. The Hall–Kier alpha value is -1.24. The second-order valence-electron chi connectivity index (χ2n) is 4.17. The number of carbonyl (C=O) groups is 1. The van der Waals surface area contributed by atoms with Crippen LogP contribution in [0.2, 0.25) is 25.2 Å². The first-order valence-corrected chi connectivity index (χ1v) is 7.78. The number of halogens is 5. The van der Waals surface area contributed by atoms with Crippen LogP contribution in [0.3, 0.4) is 0 Å². The highest BCUT2D eigenvalue weighted by molar-refractivity contribution is 6.46. The second-order valence-corrected chi connectivity index (χ2v) is 6.09. The van der Waals surface area contributed by atoms with Crippen molar-refractivity contribution >= 4 is 75.8 Å². The molecule has 0 saturated carbocycles. The molecule has 0 spiro atoms. The molecule has 2 aromatic rings. The van der Waals surface area contributed by atoms with Gasteiger partial charge in [0, 0.05) is 0 Å². The summed E-state index contributed by atoms with van der Waals surface area (Å²) in [5, 5.41) is 4.28. The van der Waals surface area contributed by atoms with Crippen LogP contribution in [-0.4, -0.2) is 17.1 Å². The van der Waals surface area contributed by atoms with Gasteiger partial charge in [-0.3, -0.25) is 4.79 Å². The van der Waals surface area contributed by atoms with Crippen molar-refractivity contribution in [3.63, 3.8) is 0 Å². The number of aromatic nitrogens is 1. The predicted octanol–water partition coefficient (Wildman–Crippen LogP) is 4.69. The van der Waals surface area contributed by atoms with Crippen LogP contribution in [-0.2, 0) is 0 Å². The maximum Gasteiger partial charge on any atom is 0.291 e. The highest BCUT2D eigenvalue weighted by Crippen LogP contribution is 2.34. The SMILES string of the molecule is Nc1c(Cl)c(Cl)nc(C(=O)N/N=C/c2ccc(Cl)c(Cl)c2)c1Cl. The summed E-state index contributed by atoms with van der Waals surface area (Å²) in [6.07, 6.45) is 1.37. The quantitative estimate of drug-likeness (QED) is 0.436. The van der Waals surface area contributed by atoms with Crippen molar-refractivity contribution in [3.8, 4) is 0 Å². The Balaban J connectivity index is 2.17. The molecule has 23 heavy (non-hydrogen) atoms. The largest absolute Gasteiger partial charge is 0.396 e. The van der Waals surface area contributed by atoms with Crippen LogP contribution in [0.15, 0.2) is 23.3 Å². The Bertz CT molecular complexity index is 809. The van der Waals surface area contributed by atoms with E-state index in [4.69, 9.17) is 63.7 Å². The van der Waals surface area contributed by atoms with Gasteiger partial charge in [0.25, 0.3) is 5.91 Å². The zero-order chi connectivity index (χ0) is 17.1. The van der Waals surface area contributed by atoms with Gasteiger partial charge in [0.15, 0.2) is 10.8 Å². The number of benzene rings is 1. The Kier molecular flexibility index (Phi) is 5.95. The van der Waals surface area contributed by atoms with Crippen molar-refractivity contribution < 1.29 is 4.79 Å². The maximum atomic E-state index is 12.0. The van der Waals surface area contributed by atoms with Crippen LogP contribution in [0.1, 0.15) is 16.1 Å². The third-order valence-electron chi connectivity index (χ3n) is 2.61. The number of nitrogen functional groups attached to an aromatic ring is 1. The summed E-state index contributed by atoms with van der Waals surface area (Å²) in [4.78, 5) is 15.8. The molecule has 0 atom stereocenters.